The quantitative estimate of drug-likeness (QED) is 0.710. The van der Waals surface area contributed by atoms with E-state index >= 15 is 0 Å². The number of hydrogen-bond acceptors (Lipinski definition) is 2. The van der Waals surface area contributed by atoms with E-state index in [2.05, 4.69) is 0 Å². The van der Waals surface area contributed by atoms with E-state index in [-0.39, 0.29) is 22.3 Å². The van der Waals surface area contributed by atoms with Gasteiger partial charge in [-0.2, -0.15) is 0 Å². The lowest BCUT2D eigenvalue weighted by atomic mass is 9.89. The predicted molar refractivity (Wildman–Crippen MR) is 65.6 cm³/mol. The van der Waals surface area contributed by atoms with Gasteiger partial charge in [-0.05, 0) is 48.9 Å². The summed E-state index contributed by atoms with van der Waals surface area (Å²) >= 11 is 11.1. The summed E-state index contributed by atoms with van der Waals surface area (Å²) in [5.74, 6) is -0.0447. The molecule has 1 aliphatic carbocycles. The lowest BCUT2D eigenvalue weighted by Crippen LogP contribution is -2.14. The maximum absolute atomic E-state index is 11.1. The summed E-state index contributed by atoms with van der Waals surface area (Å²) in [6, 6.07) is 0. The summed E-state index contributed by atoms with van der Waals surface area (Å²) in [4.78, 5) is 22.3. The lowest BCUT2D eigenvalue weighted by Gasteiger charge is -2.18. The minimum Gasteiger partial charge on any atom is -0.281 e. The van der Waals surface area contributed by atoms with Gasteiger partial charge in [0.2, 0.25) is 10.5 Å². The molecule has 1 fully saturated rings. The van der Waals surface area contributed by atoms with E-state index in [4.69, 9.17) is 23.2 Å². The van der Waals surface area contributed by atoms with Crippen molar-refractivity contribution in [2.75, 3.05) is 0 Å². The molecule has 1 saturated carbocycles. The third kappa shape index (κ3) is 4.84. The monoisotopic (exact) mass is 264 g/mol. The van der Waals surface area contributed by atoms with Gasteiger partial charge < -0.3 is 0 Å². The highest BCUT2D eigenvalue weighted by Gasteiger charge is 2.21. The van der Waals surface area contributed by atoms with Gasteiger partial charge in [0, 0.05) is 11.8 Å². The van der Waals surface area contributed by atoms with Crippen molar-refractivity contribution in [2.24, 2.45) is 11.8 Å². The van der Waals surface area contributed by atoms with Gasteiger partial charge in [0.1, 0.15) is 0 Å². The van der Waals surface area contributed by atoms with Gasteiger partial charge in [-0.1, -0.05) is 25.7 Å². The van der Waals surface area contributed by atoms with Gasteiger partial charge >= 0.3 is 0 Å². The number of carbonyl (C=O) groups excluding carboxylic acids is 2. The van der Waals surface area contributed by atoms with E-state index in [0.29, 0.717) is 0 Å². The van der Waals surface area contributed by atoms with Crippen LogP contribution in [0, 0.1) is 11.8 Å². The number of halogens is 2. The summed E-state index contributed by atoms with van der Waals surface area (Å²) < 4.78 is 0. The second-order valence-electron chi connectivity index (χ2n) is 4.57. The van der Waals surface area contributed by atoms with E-state index in [0.717, 1.165) is 51.4 Å². The highest BCUT2D eigenvalue weighted by Crippen LogP contribution is 2.26. The largest absolute Gasteiger partial charge is 0.281 e. The molecule has 0 radical (unpaired) electrons. The van der Waals surface area contributed by atoms with E-state index in [1.165, 1.54) is 0 Å². The van der Waals surface area contributed by atoms with Crippen LogP contribution in [0.2, 0.25) is 0 Å². The third-order valence-electron chi connectivity index (χ3n) is 3.35. The molecule has 2 unspecified atom stereocenters. The molecule has 1 rings (SSSR count). The maximum atomic E-state index is 11.1. The Labute approximate surface area is 107 Å². The molecule has 0 heterocycles. The number of carbonyl (C=O) groups is 2. The van der Waals surface area contributed by atoms with Gasteiger partial charge in [-0.15, -0.1) is 0 Å². The molecule has 16 heavy (non-hydrogen) atoms. The third-order valence-corrected chi connectivity index (χ3v) is 3.97. The van der Waals surface area contributed by atoms with E-state index < -0.39 is 0 Å². The Kier molecular flexibility index (Phi) is 6.37. The van der Waals surface area contributed by atoms with Crippen LogP contribution in [0.25, 0.3) is 0 Å². The van der Waals surface area contributed by atoms with Crippen LogP contribution in [0.15, 0.2) is 0 Å². The van der Waals surface area contributed by atoms with Crippen LogP contribution < -0.4 is 0 Å². The Morgan fingerprint density at radius 1 is 0.688 bits per heavy atom. The molecule has 0 amide bonds. The molecule has 2 nitrogen and oxygen atoms in total. The van der Waals surface area contributed by atoms with Gasteiger partial charge in [0.05, 0.1) is 0 Å². The summed E-state index contributed by atoms with van der Waals surface area (Å²) in [5, 5.41) is -0.455. The van der Waals surface area contributed by atoms with E-state index in [9.17, 15) is 9.59 Å². The van der Waals surface area contributed by atoms with Crippen molar-refractivity contribution in [2.45, 2.75) is 51.4 Å². The molecule has 0 aromatic carbocycles. The van der Waals surface area contributed by atoms with Crippen LogP contribution in [0.3, 0.4) is 0 Å². The Balaban J connectivity index is 2.48. The Morgan fingerprint density at radius 2 is 1.06 bits per heavy atom. The van der Waals surface area contributed by atoms with Crippen LogP contribution >= 0.6 is 23.2 Å². The SMILES string of the molecule is O=C(Cl)C1CCCCCC(C(=O)Cl)CCC1. The predicted octanol–water partition coefficient (Wildman–Crippen LogP) is 3.88. The summed E-state index contributed by atoms with van der Waals surface area (Å²) in [5.41, 5.74) is 0. The van der Waals surface area contributed by atoms with Crippen molar-refractivity contribution in [1.82, 2.24) is 0 Å². The zero-order valence-corrected chi connectivity index (χ0v) is 10.9. The second-order valence-corrected chi connectivity index (χ2v) is 5.32. The molecule has 4 heteroatoms. The van der Waals surface area contributed by atoms with Crippen molar-refractivity contribution < 1.29 is 9.59 Å². The molecule has 92 valence electrons. The molecule has 0 saturated heterocycles. The average Bonchev–Trinajstić information content (AvgIpc) is 2.24. The molecule has 0 bridgehead atoms. The van der Waals surface area contributed by atoms with Crippen LogP contribution in [-0.4, -0.2) is 10.5 Å². The maximum Gasteiger partial charge on any atom is 0.224 e. The molecule has 0 aromatic rings. The van der Waals surface area contributed by atoms with Crippen LogP contribution in [0.5, 0.6) is 0 Å². The molecule has 2 atom stereocenters. The Hall–Kier alpha value is -0.0800. The standard InChI is InChI=1S/C12H18Cl2O2/c13-11(15)9-5-2-1-3-6-10(12(14)16)8-4-7-9/h9-10H,1-8H2. The van der Waals surface area contributed by atoms with Gasteiger partial charge in [0.15, 0.2) is 0 Å². The summed E-state index contributed by atoms with van der Waals surface area (Å²) in [6.45, 7) is 0. The fourth-order valence-electron chi connectivity index (χ4n) is 2.31. The Morgan fingerprint density at radius 3 is 1.44 bits per heavy atom. The molecule has 1 aliphatic rings. The fraction of sp³-hybridized carbons (Fsp3) is 0.833. The van der Waals surface area contributed by atoms with E-state index in [1.807, 2.05) is 0 Å². The lowest BCUT2D eigenvalue weighted by molar-refractivity contribution is -0.115. The zero-order valence-electron chi connectivity index (χ0n) is 9.38. The van der Waals surface area contributed by atoms with Gasteiger partial charge in [0.25, 0.3) is 0 Å². The minimum atomic E-state index is -0.227. The number of rotatable bonds is 2. The van der Waals surface area contributed by atoms with Crippen molar-refractivity contribution in [3.05, 3.63) is 0 Å². The average molecular weight is 265 g/mol. The first kappa shape index (κ1) is 14.0. The molecular weight excluding hydrogens is 247 g/mol. The summed E-state index contributed by atoms with van der Waals surface area (Å²) in [6.07, 6.45) is 7.34. The Bertz CT molecular complexity index is 229. The van der Waals surface area contributed by atoms with Gasteiger partial charge in [-0.3, -0.25) is 9.59 Å². The molecule has 0 aromatic heterocycles. The molecule has 0 N–H and O–H groups in total. The van der Waals surface area contributed by atoms with Crippen molar-refractivity contribution in [3.8, 4) is 0 Å². The minimum absolute atomic E-state index is 0.0224. The van der Waals surface area contributed by atoms with Gasteiger partial charge in [-0.25, -0.2) is 0 Å². The van der Waals surface area contributed by atoms with Crippen LogP contribution in [0.4, 0.5) is 0 Å². The molecular formula is C12H18Cl2O2. The van der Waals surface area contributed by atoms with Crippen molar-refractivity contribution in [1.29, 1.82) is 0 Å². The number of hydrogen-bond donors (Lipinski definition) is 0. The van der Waals surface area contributed by atoms with Crippen LogP contribution in [0.1, 0.15) is 51.4 Å². The highest BCUT2D eigenvalue weighted by atomic mass is 35.5. The zero-order chi connectivity index (χ0) is 12.0. The summed E-state index contributed by atoms with van der Waals surface area (Å²) in [7, 11) is 0. The smallest absolute Gasteiger partial charge is 0.224 e. The topological polar surface area (TPSA) is 34.1 Å². The fourth-order valence-corrected chi connectivity index (χ4v) is 2.75. The first-order valence-corrected chi connectivity index (χ1v) is 6.75. The first-order chi connectivity index (χ1) is 7.61. The first-order valence-electron chi connectivity index (χ1n) is 6.00. The van der Waals surface area contributed by atoms with E-state index in [1.54, 1.807) is 0 Å². The van der Waals surface area contributed by atoms with Crippen LogP contribution in [-0.2, 0) is 9.59 Å². The van der Waals surface area contributed by atoms with Crippen molar-refractivity contribution >= 4 is 33.7 Å². The normalized spacial score (nSPS) is 28.4. The molecule has 0 aliphatic heterocycles. The second kappa shape index (κ2) is 7.29. The molecule has 0 spiro atoms. The highest BCUT2D eigenvalue weighted by molar-refractivity contribution is 6.64. The van der Waals surface area contributed by atoms with Crippen molar-refractivity contribution in [3.63, 3.8) is 0 Å².